The topological polar surface area (TPSA) is 66.8 Å². The van der Waals surface area contributed by atoms with Gasteiger partial charge in [-0.2, -0.15) is 0 Å². The fourth-order valence-electron chi connectivity index (χ4n) is 4.17. The second kappa shape index (κ2) is 7.80. The summed E-state index contributed by atoms with van der Waals surface area (Å²) in [5.74, 6) is -0.532. The van der Waals surface area contributed by atoms with E-state index in [1.54, 1.807) is 29.2 Å². The maximum absolute atomic E-state index is 12.9. The quantitative estimate of drug-likeness (QED) is 0.458. The first kappa shape index (κ1) is 18.7. The van der Waals surface area contributed by atoms with Gasteiger partial charge in [-0.05, 0) is 55.5 Å². The lowest BCUT2D eigenvalue weighted by Gasteiger charge is -2.29. The van der Waals surface area contributed by atoms with E-state index < -0.39 is 17.7 Å². The van der Waals surface area contributed by atoms with Gasteiger partial charge in [0, 0.05) is 16.5 Å². The lowest BCUT2D eigenvalue weighted by molar-refractivity contribution is -0.141. The van der Waals surface area contributed by atoms with Gasteiger partial charge in [-0.1, -0.05) is 18.9 Å². The predicted octanol–water partition coefficient (Wildman–Crippen LogP) is 4.51. The molecule has 5 nitrogen and oxygen atoms in total. The molecule has 1 saturated carbocycles. The third-order valence-corrected chi connectivity index (χ3v) is 6.37. The Kier molecular flexibility index (Phi) is 5.22. The number of Topliss-reactive ketones (excluding diaryl/α,β-unsaturated/α-hetero) is 1. The molecule has 0 spiro atoms. The first-order valence-electron chi connectivity index (χ1n) is 9.68. The Morgan fingerprint density at radius 2 is 1.89 bits per heavy atom. The van der Waals surface area contributed by atoms with Crippen LogP contribution < -0.4 is 4.74 Å². The highest BCUT2D eigenvalue weighted by Crippen LogP contribution is 2.44. The van der Waals surface area contributed by atoms with Crippen LogP contribution in [0.25, 0.3) is 5.76 Å². The number of aliphatic hydroxyl groups is 1. The summed E-state index contributed by atoms with van der Waals surface area (Å²) in [7, 11) is 0. The lowest BCUT2D eigenvalue weighted by atomic mass is 9.99. The molecule has 1 aliphatic carbocycles. The standard InChI is InChI=1S/C22H23NO4S/c1-2-27-16-11-9-14(10-12-16)20(24)18-19(17-8-5-13-28-17)23(22(26)21(18)25)15-6-3-4-7-15/h5,8-13,15,19,24H,2-4,6-7H2,1H3/b20-18-. The predicted molar refractivity (Wildman–Crippen MR) is 108 cm³/mol. The van der Waals surface area contributed by atoms with Crippen LogP contribution in [0, 0.1) is 0 Å². The third kappa shape index (κ3) is 3.22. The lowest BCUT2D eigenvalue weighted by Crippen LogP contribution is -2.37. The number of aliphatic hydroxyl groups excluding tert-OH is 1. The van der Waals surface area contributed by atoms with Gasteiger partial charge >= 0.3 is 0 Å². The van der Waals surface area contributed by atoms with Gasteiger partial charge in [0.2, 0.25) is 0 Å². The summed E-state index contributed by atoms with van der Waals surface area (Å²) >= 11 is 1.50. The van der Waals surface area contributed by atoms with Crippen molar-refractivity contribution in [3.63, 3.8) is 0 Å². The van der Waals surface area contributed by atoms with Gasteiger partial charge in [0.15, 0.2) is 0 Å². The highest BCUT2D eigenvalue weighted by molar-refractivity contribution is 7.10. The molecule has 4 rings (SSSR count). The van der Waals surface area contributed by atoms with Crippen molar-refractivity contribution in [2.45, 2.75) is 44.7 Å². The van der Waals surface area contributed by atoms with Crippen LogP contribution in [0.2, 0.25) is 0 Å². The van der Waals surface area contributed by atoms with Crippen molar-refractivity contribution in [2.75, 3.05) is 6.61 Å². The third-order valence-electron chi connectivity index (χ3n) is 5.45. The average molecular weight is 397 g/mol. The van der Waals surface area contributed by atoms with Gasteiger partial charge in [-0.15, -0.1) is 11.3 Å². The van der Waals surface area contributed by atoms with Crippen LogP contribution >= 0.6 is 11.3 Å². The maximum atomic E-state index is 12.9. The van der Waals surface area contributed by atoms with E-state index >= 15 is 0 Å². The van der Waals surface area contributed by atoms with Crippen molar-refractivity contribution >= 4 is 28.8 Å². The fraction of sp³-hybridized carbons (Fsp3) is 0.364. The molecule has 1 saturated heterocycles. The van der Waals surface area contributed by atoms with Crippen molar-refractivity contribution in [1.82, 2.24) is 4.90 Å². The minimum Gasteiger partial charge on any atom is -0.507 e. The van der Waals surface area contributed by atoms with Crippen molar-refractivity contribution in [3.8, 4) is 5.75 Å². The summed E-state index contributed by atoms with van der Waals surface area (Å²) < 4.78 is 5.44. The van der Waals surface area contributed by atoms with Crippen molar-refractivity contribution < 1.29 is 19.4 Å². The van der Waals surface area contributed by atoms with E-state index in [2.05, 4.69) is 0 Å². The smallest absolute Gasteiger partial charge is 0.295 e. The average Bonchev–Trinajstić information content (AvgIpc) is 3.44. The zero-order valence-electron chi connectivity index (χ0n) is 15.8. The van der Waals surface area contributed by atoms with Crippen LogP contribution in [0.1, 0.15) is 49.1 Å². The van der Waals surface area contributed by atoms with E-state index in [-0.39, 0.29) is 17.4 Å². The Morgan fingerprint density at radius 3 is 2.50 bits per heavy atom. The number of ketones is 1. The molecule has 2 heterocycles. The number of carbonyl (C=O) groups is 2. The van der Waals surface area contributed by atoms with Gasteiger partial charge in [0.25, 0.3) is 11.7 Å². The van der Waals surface area contributed by atoms with E-state index in [1.807, 2.05) is 24.4 Å². The molecule has 1 amide bonds. The molecule has 1 aliphatic heterocycles. The van der Waals surface area contributed by atoms with Gasteiger partial charge < -0.3 is 14.7 Å². The summed E-state index contributed by atoms with van der Waals surface area (Å²) in [6.07, 6.45) is 3.92. The molecular formula is C22H23NO4S. The Bertz CT molecular complexity index is 895. The molecule has 28 heavy (non-hydrogen) atoms. The number of nitrogens with zero attached hydrogens (tertiary/aromatic N) is 1. The molecule has 1 atom stereocenters. The maximum Gasteiger partial charge on any atom is 0.295 e. The number of rotatable bonds is 5. The second-order valence-electron chi connectivity index (χ2n) is 7.12. The summed E-state index contributed by atoms with van der Waals surface area (Å²) in [5.41, 5.74) is 0.693. The normalized spacial score (nSPS) is 22.2. The van der Waals surface area contributed by atoms with Gasteiger partial charge in [0.05, 0.1) is 18.2 Å². The Hall–Kier alpha value is -2.60. The molecule has 2 aliphatic rings. The largest absolute Gasteiger partial charge is 0.507 e. The number of hydrogen-bond donors (Lipinski definition) is 1. The number of hydrogen-bond acceptors (Lipinski definition) is 5. The van der Waals surface area contributed by atoms with Crippen LogP contribution in [0.5, 0.6) is 5.75 Å². The van der Waals surface area contributed by atoms with E-state index in [0.29, 0.717) is 17.9 Å². The van der Waals surface area contributed by atoms with E-state index in [9.17, 15) is 14.7 Å². The van der Waals surface area contributed by atoms with Crippen LogP contribution in [0.15, 0.2) is 47.4 Å². The zero-order chi connectivity index (χ0) is 19.7. The highest BCUT2D eigenvalue weighted by atomic mass is 32.1. The molecule has 1 unspecified atom stereocenters. The Labute approximate surface area is 168 Å². The molecule has 1 aromatic carbocycles. The van der Waals surface area contributed by atoms with Crippen molar-refractivity contribution in [1.29, 1.82) is 0 Å². The van der Waals surface area contributed by atoms with Crippen molar-refractivity contribution in [3.05, 3.63) is 57.8 Å². The molecule has 2 fully saturated rings. The second-order valence-corrected chi connectivity index (χ2v) is 8.10. The molecule has 1 N–H and O–H groups in total. The van der Waals surface area contributed by atoms with E-state index in [4.69, 9.17) is 4.74 Å². The SMILES string of the molecule is CCOc1ccc(/C(O)=C2/C(=O)C(=O)N(C3CCCC3)C2c2cccs2)cc1. The number of thiophene rings is 1. The van der Waals surface area contributed by atoms with Crippen LogP contribution in [0.4, 0.5) is 0 Å². The minimum absolute atomic E-state index is 0.0502. The molecular weight excluding hydrogens is 374 g/mol. The molecule has 0 bridgehead atoms. The summed E-state index contributed by atoms with van der Waals surface area (Å²) in [5, 5.41) is 12.9. The summed E-state index contributed by atoms with van der Waals surface area (Å²) in [6, 6.07) is 10.3. The van der Waals surface area contributed by atoms with Gasteiger partial charge in [0.1, 0.15) is 11.5 Å². The van der Waals surface area contributed by atoms with Crippen LogP contribution in [-0.2, 0) is 9.59 Å². The molecule has 2 aromatic rings. The first-order valence-corrected chi connectivity index (χ1v) is 10.6. The molecule has 0 radical (unpaired) electrons. The monoisotopic (exact) mass is 397 g/mol. The van der Waals surface area contributed by atoms with Gasteiger partial charge in [-0.25, -0.2) is 0 Å². The van der Waals surface area contributed by atoms with E-state index in [1.165, 1.54) is 11.3 Å². The number of benzene rings is 1. The van der Waals surface area contributed by atoms with Crippen molar-refractivity contribution in [2.24, 2.45) is 0 Å². The molecule has 146 valence electrons. The van der Waals surface area contributed by atoms with E-state index in [0.717, 1.165) is 30.6 Å². The highest BCUT2D eigenvalue weighted by Gasteiger charge is 2.49. The zero-order valence-corrected chi connectivity index (χ0v) is 16.6. The Balaban J connectivity index is 1.79. The Morgan fingerprint density at radius 1 is 1.18 bits per heavy atom. The minimum atomic E-state index is -0.600. The fourth-order valence-corrected chi connectivity index (χ4v) is 5.00. The molecule has 1 aromatic heterocycles. The summed E-state index contributed by atoms with van der Waals surface area (Å²) in [6.45, 7) is 2.45. The number of ether oxygens (including phenoxy) is 1. The number of carbonyl (C=O) groups excluding carboxylic acids is 2. The number of likely N-dealkylation sites (tertiary alicyclic amines) is 1. The first-order chi connectivity index (χ1) is 13.6. The summed E-state index contributed by atoms with van der Waals surface area (Å²) in [4.78, 5) is 28.4. The molecule has 6 heteroatoms. The van der Waals surface area contributed by atoms with Crippen LogP contribution in [-0.4, -0.2) is 34.3 Å². The van der Waals surface area contributed by atoms with Gasteiger partial charge in [-0.3, -0.25) is 9.59 Å². The number of amides is 1. The van der Waals surface area contributed by atoms with Crippen LogP contribution in [0.3, 0.4) is 0 Å².